The maximum atomic E-state index is 11.6. The van der Waals surface area contributed by atoms with Crippen molar-refractivity contribution in [1.29, 1.82) is 0 Å². The lowest BCUT2D eigenvalue weighted by Gasteiger charge is -2.22. The summed E-state index contributed by atoms with van der Waals surface area (Å²) >= 11 is 0. The first-order chi connectivity index (χ1) is 10.0. The second-order valence-electron chi connectivity index (χ2n) is 6.26. The molecule has 0 saturated heterocycles. The molecule has 1 N–H and O–H groups in total. The minimum absolute atomic E-state index is 0.137. The predicted octanol–water partition coefficient (Wildman–Crippen LogP) is 4.22. The van der Waals surface area contributed by atoms with Crippen LogP contribution in [0.15, 0.2) is 18.2 Å². The van der Waals surface area contributed by atoms with Gasteiger partial charge in [-0.3, -0.25) is 4.79 Å². The summed E-state index contributed by atoms with van der Waals surface area (Å²) < 4.78 is 0. The molecule has 3 nitrogen and oxygen atoms in total. The van der Waals surface area contributed by atoms with Gasteiger partial charge >= 0.3 is 0 Å². The van der Waals surface area contributed by atoms with Crippen molar-refractivity contribution >= 4 is 17.3 Å². The van der Waals surface area contributed by atoms with E-state index in [1.807, 2.05) is 4.90 Å². The van der Waals surface area contributed by atoms with Gasteiger partial charge < -0.3 is 10.2 Å². The van der Waals surface area contributed by atoms with Crippen LogP contribution in [0.5, 0.6) is 0 Å². The smallest absolute Gasteiger partial charge is 0.223 e. The van der Waals surface area contributed by atoms with Crippen molar-refractivity contribution in [1.82, 2.24) is 0 Å². The zero-order chi connectivity index (χ0) is 15.4. The summed E-state index contributed by atoms with van der Waals surface area (Å²) in [6.07, 6.45) is 4.55. The van der Waals surface area contributed by atoms with Crippen LogP contribution in [0.4, 0.5) is 11.4 Å². The van der Waals surface area contributed by atoms with Gasteiger partial charge in [0.15, 0.2) is 0 Å². The fraction of sp³-hybridized carbons (Fsp3) is 0.611. The quantitative estimate of drug-likeness (QED) is 0.850. The molecule has 3 heteroatoms. The molecule has 2 unspecified atom stereocenters. The van der Waals surface area contributed by atoms with Crippen molar-refractivity contribution in [2.24, 2.45) is 5.92 Å². The molecule has 0 radical (unpaired) electrons. The van der Waals surface area contributed by atoms with Gasteiger partial charge in [-0.15, -0.1) is 0 Å². The van der Waals surface area contributed by atoms with Crippen molar-refractivity contribution in [2.45, 2.75) is 59.4 Å². The summed E-state index contributed by atoms with van der Waals surface area (Å²) in [6, 6.07) is 6.95. The highest BCUT2D eigenvalue weighted by atomic mass is 16.2. The Morgan fingerprint density at radius 1 is 1.33 bits per heavy atom. The fourth-order valence-electron chi connectivity index (χ4n) is 3.03. The molecule has 0 aromatic heterocycles. The zero-order valence-corrected chi connectivity index (χ0v) is 13.8. The molecule has 0 spiro atoms. The number of nitrogens with zero attached hydrogens (tertiary/aromatic N) is 1. The Labute approximate surface area is 128 Å². The van der Waals surface area contributed by atoms with Gasteiger partial charge in [-0.1, -0.05) is 27.2 Å². The first-order valence-corrected chi connectivity index (χ1v) is 8.22. The largest absolute Gasteiger partial charge is 0.382 e. The summed E-state index contributed by atoms with van der Waals surface area (Å²) in [6.45, 7) is 9.27. The van der Waals surface area contributed by atoms with E-state index in [2.05, 4.69) is 44.3 Å². The average molecular weight is 288 g/mol. The first-order valence-electron chi connectivity index (χ1n) is 8.22. The number of amides is 1. The second kappa shape index (κ2) is 6.97. The van der Waals surface area contributed by atoms with Gasteiger partial charge in [-0.05, 0) is 48.9 Å². The summed E-state index contributed by atoms with van der Waals surface area (Å²) in [5.41, 5.74) is 3.56. The Hall–Kier alpha value is -1.51. The zero-order valence-electron chi connectivity index (χ0n) is 13.8. The van der Waals surface area contributed by atoms with Crippen LogP contribution in [0.3, 0.4) is 0 Å². The van der Waals surface area contributed by atoms with E-state index < -0.39 is 0 Å². The third-order valence-electron chi connectivity index (χ3n) is 4.60. The van der Waals surface area contributed by atoms with E-state index in [1.165, 1.54) is 24.1 Å². The minimum atomic E-state index is 0.137. The Morgan fingerprint density at radius 3 is 2.71 bits per heavy atom. The Balaban J connectivity index is 2.07. The maximum Gasteiger partial charge on any atom is 0.223 e. The van der Waals surface area contributed by atoms with E-state index in [0.717, 1.165) is 31.0 Å². The monoisotopic (exact) mass is 288 g/mol. The molecule has 2 rings (SSSR count). The molecule has 0 aliphatic carbocycles. The highest BCUT2D eigenvalue weighted by Gasteiger charge is 2.22. The van der Waals surface area contributed by atoms with E-state index in [4.69, 9.17) is 0 Å². The van der Waals surface area contributed by atoms with Gasteiger partial charge in [0.25, 0.3) is 0 Å². The number of benzene rings is 1. The topological polar surface area (TPSA) is 32.3 Å². The first kappa shape index (κ1) is 15.9. The number of hydrogen-bond donors (Lipinski definition) is 1. The molecule has 1 amide bonds. The lowest BCUT2D eigenvalue weighted by Crippen LogP contribution is -2.25. The number of carbonyl (C=O) groups excluding carboxylic acids is 1. The molecule has 21 heavy (non-hydrogen) atoms. The molecular formula is C18H28N2O. The molecule has 2 atom stereocenters. The lowest BCUT2D eigenvalue weighted by molar-refractivity contribution is -0.116. The number of fused-ring (bicyclic) bond motifs is 1. The molecule has 1 aliphatic rings. The highest BCUT2D eigenvalue weighted by Crippen LogP contribution is 2.31. The van der Waals surface area contributed by atoms with Gasteiger partial charge in [0, 0.05) is 30.9 Å². The van der Waals surface area contributed by atoms with Crippen LogP contribution in [-0.4, -0.2) is 18.5 Å². The minimum Gasteiger partial charge on any atom is -0.382 e. The summed E-state index contributed by atoms with van der Waals surface area (Å²) in [7, 11) is 0. The third-order valence-corrected chi connectivity index (χ3v) is 4.60. The fourth-order valence-corrected chi connectivity index (χ4v) is 3.03. The molecule has 1 aliphatic heterocycles. The molecule has 0 bridgehead atoms. The van der Waals surface area contributed by atoms with Gasteiger partial charge in [-0.2, -0.15) is 0 Å². The molecule has 116 valence electrons. The standard InChI is InChI=1S/C18H28N2O/c1-5-13(3)11-16(6-2)19-17-7-8-18-15(12-17)9-10-20(18)14(4)21/h7-8,12-13,16,19H,5-6,9-11H2,1-4H3. The van der Waals surface area contributed by atoms with Gasteiger partial charge in [-0.25, -0.2) is 0 Å². The van der Waals surface area contributed by atoms with E-state index in [9.17, 15) is 4.79 Å². The average Bonchev–Trinajstić information content (AvgIpc) is 2.89. The SMILES string of the molecule is CCC(C)CC(CC)Nc1ccc2c(c1)CCN2C(C)=O. The molecular weight excluding hydrogens is 260 g/mol. The number of rotatable bonds is 6. The molecule has 0 fully saturated rings. The third kappa shape index (κ3) is 3.78. The van der Waals surface area contributed by atoms with E-state index in [1.54, 1.807) is 6.92 Å². The lowest BCUT2D eigenvalue weighted by atomic mass is 9.97. The molecule has 1 aromatic carbocycles. The van der Waals surface area contributed by atoms with Crippen LogP contribution >= 0.6 is 0 Å². The summed E-state index contributed by atoms with van der Waals surface area (Å²) in [4.78, 5) is 13.5. The van der Waals surface area contributed by atoms with Crippen LogP contribution in [-0.2, 0) is 11.2 Å². The number of hydrogen-bond acceptors (Lipinski definition) is 2. The van der Waals surface area contributed by atoms with Crippen LogP contribution in [0.1, 0.15) is 52.5 Å². The van der Waals surface area contributed by atoms with Crippen LogP contribution < -0.4 is 10.2 Å². The Bertz CT molecular complexity index is 498. The molecule has 1 heterocycles. The Morgan fingerprint density at radius 2 is 2.10 bits per heavy atom. The molecule has 0 saturated carbocycles. The second-order valence-corrected chi connectivity index (χ2v) is 6.26. The highest BCUT2D eigenvalue weighted by molar-refractivity contribution is 5.94. The maximum absolute atomic E-state index is 11.6. The number of carbonyl (C=O) groups is 1. The predicted molar refractivity (Wildman–Crippen MR) is 89.9 cm³/mol. The van der Waals surface area contributed by atoms with Crippen molar-refractivity contribution in [2.75, 3.05) is 16.8 Å². The number of anilines is 2. The van der Waals surface area contributed by atoms with E-state index >= 15 is 0 Å². The van der Waals surface area contributed by atoms with Crippen molar-refractivity contribution in [3.05, 3.63) is 23.8 Å². The Kier molecular flexibility index (Phi) is 5.27. The van der Waals surface area contributed by atoms with E-state index in [-0.39, 0.29) is 5.91 Å². The van der Waals surface area contributed by atoms with Crippen LogP contribution in [0.25, 0.3) is 0 Å². The number of nitrogens with one attached hydrogen (secondary N) is 1. The van der Waals surface area contributed by atoms with Gasteiger partial charge in [0.05, 0.1) is 0 Å². The van der Waals surface area contributed by atoms with Crippen molar-refractivity contribution in [3.63, 3.8) is 0 Å². The van der Waals surface area contributed by atoms with E-state index in [0.29, 0.717) is 6.04 Å². The van der Waals surface area contributed by atoms with Crippen LogP contribution in [0.2, 0.25) is 0 Å². The van der Waals surface area contributed by atoms with Gasteiger partial charge in [0.2, 0.25) is 5.91 Å². The molecule has 1 aromatic rings. The normalized spacial score (nSPS) is 16.5. The summed E-state index contributed by atoms with van der Waals surface area (Å²) in [5.74, 6) is 0.891. The van der Waals surface area contributed by atoms with Gasteiger partial charge in [0.1, 0.15) is 0 Å². The summed E-state index contributed by atoms with van der Waals surface area (Å²) in [5, 5.41) is 3.66. The van der Waals surface area contributed by atoms with Crippen LogP contribution in [0, 0.1) is 5.92 Å². The van der Waals surface area contributed by atoms with Crippen molar-refractivity contribution < 1.29 is 4.79 Å². The van der Waals surface area contributed by atoms with Crippen molar-refractivity contribution in [3.8, 4) is 0 Å².